The second kappa shape index (κ2) is 4.39. The average Bonchev–Trinajstić information content (AvgIpc) is 2.65. The maximum atomic E-state index is 13.0. The Labute approximate surface area is 110 Å². The zero-order chi connectivity index (χ0) is 12.7. The Balaban J connectivity index is 2.10. The van der Waals surface area contributed by atoms with E-state index in [0.29, 0.717) is 0 Å². The molecule has 1 atom stereocenters. The summed E-state index contributed by atoms with van der Waals surface area (Å²) >= 11 is 1.70. The van der Waals surface area contributed by atoms with Gasteiger partial charge in [-0.25, -0.2) is 4.39 Å². The highest BCUT2D eigenvalue weighted by molar-refractivity contribution is 7.16. The van der Waals surface area contributed by atoms with Crippen molar-refractivity contribution in [1.29, 1.82) is 0 Å². The van der Waals surface area contributed by atoms with E-state index in [1.165, 1.54) is 29.0 Å². The van der Waals surface area contributed by atoms with Crippen LogP contribution in [0.3, 0.4) is 0 Å². The van der Waals surface area contributed by atoms with Gasteiger partial charge in [-0.1, -0.05) is 19.1 Å². The monoisotopic (exact) mass is 261 g/mol. The minimum Gasteiger partial charge on any atom is -0.390 e. The molecule has 0 spiro atoms. The molecule has 1 aliphatic rings. The van der Waals surface area contributed by atoms with E-state index in [0.717, 1.165) is 34.9 Å². The van der Waals surface area contributed by atoms with Gasteiger partial charge in [0.05, 0.1) is 5.00 Å². The number of nitrogen functional groups attached to an aromatic ring is 1. The molecule has 0 amide bonds. The van der Waals surface area contributed by atoms with Crippen LogP contribution >= 0.6 is 11.3 Å². The summed E-state index contributed by atoms with van der Waals surface area (Å²) in [4.78, 5) is 1.42. The van der Waals surface area contributed by atoms with Crippen LogP contribution in [0.25, 0.3) is 11.1 Å². The lowest BCUT2D eigenvalue weighted by Gasteiger charge is -2.19. The highest BCUT2D eigenvalue weighted by Gasteiger charge is 2.23. The fourth-order valence-corrected chi connectivity index (χ4v) is 4.01. The summed E-state index contributed by atoms with van der Waals surface area (Å²) in [7, 11) is 0. The van der Waals surface area contributed by atoms with Crippen LogP contribution in [0.15, 0.2) is 24.3 Å². The average molecular weight is 261 g/mol. The largest absolute Gasteiger partial charge is 0.390 e. The summed E-state index contributed by atoms with van der Waals surface area (Å²) in [5.41, 5.74) is 9.74. The molecule has 1 unspecified atom stereocenters. The predicted molar refractivity (Wildman–Crippen MR) is 75.3 cm³/mol. The molecule has 0 aliphatic heterocycles. The molecule has 1 aromatic heterocycles. The molecule has 1 aliphatic carbocycles. The second-order valence-corrected chi connectivity index (χ2v) is 6.23. The Bertz CT molecular complexity index is 571. The minimum atomic E-state index is -0.199. The van der Waals surface area contributed by atoms with Crippen molar-refractivity contribution >= 4 is 16.3 Å². The van der Waals surface area contributed by atoms with Gasteiger partial charge in [0, 0.05) is 10.4 Å². The molecule has 3 rings (SSSR count). The van der Waals surface area contributed by atoms with Crippen molar-refractivity contribution in [1.82, 2.24) is 0 Å². The van der Waals surface area contributed by atoms with Gasteiger partial charge in [0.25, 0.3) is 0 Å². The molecule has 18 heavy (non-hydrogen) atoms. The van der Waals surface area contributed by atoms with Crippen LogP contribution in [0.4, 0.5) is 9.39 Å². The molecular formula is C15H16FNS. The quantitative estimate of drug-likeness (QED) is 0.815. The van der Waals surface area contributed by atoms with Crippen molar-refractivity contribution in [2.24, 2.45) is 5.92 Å². The van der Waals surface area contributed by atoms with Gasteiger partial charge in [0.1, 0.15) is 5.82 Å². The Morgan fingerprint density at radius 2 is 2.00 bits per heavy atom. The van der Waals surface area contributed by atoms with E-state index in [1.807, 2.05) is 12.1 Å². The minimum absolute atomic E-state index is 0.199. The number of fused-ring (bicyclic) bond motifs is 1. The smallest absolute Gasteiger partial charge is 0.123 e. The van der Waals surface area contributed by atoms with Gasteiger partial charge in [0.15, 0.2) is 0 Å². The van der Waals surface area contributed by atoms with E-state index in [1.54, 1.807) is 11.3 Å². The Morgan fingerprint density at radius 3 is 2.72 bits per heavy atom. The molecule has 0 radical (unpaired) electrons. The van der Waals surface area contributed by atoms with Crippen molar-refractivity contribution in [3.8, 4) is 11.1 Å². The number of nitrogens with two attached hydrogens (primary N) is 1. The summed E-state index contributed by atoms with van der Waals surface area (Å²) < 4.78 is 13.0. The third kappa shape index (κ3) is 1.93. The lowest BCUT2D eigenvalue weighted by molar-refractivity contribution is 0.508. The summed E-state index contributed by atoms with van der Waals surface area (Å²) in [6.45, 7) is 2.29. The summed E-state index contributed by atoms with van der Waals surface area (Å²) in [6.07, 6.45) is 3.44. The topological polar surface area (TPSA) is 26.0 Å². The third-order valence-corrected chi connectivity index (χ3v) is 4.76. The Kier molecular flexibility index (Phi) is 2.86. The molecule has 3 heteroatoms. The number of hydrogen-bond donors (Lipinski definition) is 1. The number of benzene rings is 1. The predicted octanol–water partition coefficient (Wildman–Crippen LogP) is 4.26. The summed E-state index contributed by atoms with van der Waals surface area (Å²) in [5, 5.41) is 0.876. The molecule has 1 nitrogen and oxygen atoms in total. The van der Waals surface area contributed by atoms with E-state index in [9.17, 15) is 4.39 Å². The van der Waals surface area contributed by atoms with E-state index in [2.05, 4.69) is 6.92 Å². The van der Waals surface area contributed by atoms with Crippen LogP contribution in [0.5, 0.6) is 0 Å². The first-order chi connectivity index (χ1) is 8.65. The molecule has 94 valence electrons. The number of rotatable bonds is 1. The molecule has 1 aromatic carbocycles. The van der Waals surface area contributed by atoms with Gasteiger partial charge in [-0.15, -0.1) is 11.3 Å². The van der Waals surface area contributed by atoms with Crippen molar-refractivity contribution in [3.05, 3.63) is 40.5 Å². The SMILES string of the molecule is CC1CCc2c(sc(N)c2-c2ccc(F)cc2)C1. The second-order valence-electron chi connectivity index (χ2n) is 5.10. The van der Waals surface area contributed by atoms with Gasteiger partial charge in [-0.2, -0.15) is 0 Å². The Morgan fingerprint density at radius 1 is 1.28 bits per heavy atom. The van der Waals surface area contributed by atoms with Crippen LogP contribution in [-0.2, 0) is 12.8 Å². The third-order valence-electron chi connectivity index (χ3n) is 3.67. The maximum absolute atomic E-state index is 13.0. The highest BCUT2D eigenvalue weighted by atomic mass is 32.1. The van der Waals surface area contributed by atoms with Crippen molar-refractivity contribution in [3.63, 3.8) is 0 Å². The van der Waals surface area contributed by atoms with Crippen LogP contribution in [-0.4, -0.2) is 0 Å². The lowest BCUT2D eigenvalue weighted by Crippen LogP contribution is -2.09. The van der Waals surface area contributed by atoms with Crippen LogP contribution in [0.1, 0.15) is 23.8 Å². The molecule has 2 N–H and O–H groups in total. The number of halogens is 1. The van der Waals surface area contributed by atoms with E-state index in [4.69, 9.17) is 5.73 Å². The van der Waals surface area contributed by atoms with Gasteiger partial charge in [-0.05, 0) is 48.4 Å². The normalized spacial score (nSPS) is 18.7. The van der Waals surface area contributed by atoms with Gasteiger partial charge < -0.3 is 5.73 Å². The molecule has 1 heterocycles. The molecule has 0 saturated carbocycles. The maximum Gasteiger partial charge on any atom is 0.123 e. The van der Waals surface area contributed by atoms with E-state index in [-0.39, 0.29) is 5.82 Å². The van der Waals surface area contributed by atoms with E-state index < -0.39 is 0 Å². The first kappa shape index (κ1) is 11.7. The molecule has 0 fully saturated rings. The standard InChI is InChI=1S/C15H16FNS/c1-9-2-7-12-13(8-9)18-15(17)14(12)10-3-5-11(16)6-4-10/h3-6,9H,2,7-8,17H2,1H3. The fourth-order valence-electron chi connectivity index (χ4n) is 2.71. The molecule has 0 bridgehead atoms. The number of anilines is 1. The fraction of sp³-hybridized carbons (Fsp3) is 0.333. The highest BCUT2D eigenvalue weighted by Crippen LogP contribution is 2.43. The first-order valence-corrected chi connectivity index (χ1v) is 7.12. The molecule has 2 aromatic rings. The number of hydrogen-bond acceptors (Lipinski definition) is 2. The zero-order valence-electron chi connectivity index (χ0n) is 10.4. The summed E-state index contributed by atoms with van der Waals surface area (Å²) in [6, 6.07) is 6.66. The van der Waals surface area contributed by atoms with Crippen molar-refractivity contribution < 1.29 is 4.39 Å². The van der Waals surface area contributed by atoms with Gasteiger partial charge >= 0.3 is 0 Å². The first-order valence-electron chi connectivity index (χ1n) is 6.31. The van der Waals surface area contributed by atoms with Crippen LogP contribution < -0.4 is 5.73 Å². The van der Waals surface area contributed by atoms with Crippen molar-refractivity contribution in [2.45, 2.75) is 26.2 Å². The zero-order valence-corrected chi connectivity index (χ0v) is 11.2. The van der Waals surface area contributed by atoms with Crippen LogP contribution in [0.2, 0.25) is 0 Å². The molecule has 0 saturated heterocycles. The number of thiophene rings is 1. The lowest BCUT2D eigenvalue weighted by atomic mass is 9.87. The summed E-state index contributed by atoms with van der Waals surface area (Å²) in [5.74, 6) is 0.548. The van der Waals surface area contributed by atoms with E-state index >= 15 is 0 Å². The van der Waals surface area contributed by atoms with Gasteiger partial charge in [0.2, 0.25) is 0 Å². The van der Waals surface area contributed by atoms with Gasteiger partial charge in [-0.3, -0.25) is 0 Å². The Hall–Kier alpha value is -1.35. The van der Waals surface area contributed by atoms with Crippen LogP contribution in [0, 0.1) is 11.7 Å². The van der Waals surface area contributed by atoms with Crippen molar-refractivity contribution in [2.75, 3.05) is 5.73 Å². The molecular weight excluding hydrogens is 245 g/mol.